The first-order valence-electron chi connectivity index (χ1n) is 6.45. The van der Waals surface area contributed by atoms with Crippen LogP contribution in [0.15, 0.2) is 18.2 Å². The third-order valence-electron chi connectivity index (χ3n) is 3.31. The minimum Gasteiger partial charge on any atom is -0.466 e. The van der Waals surface area contributed by atoms with Crippen molar-refractivity contribution in [1.29, 1.82) is 0 Å². The number of halogens is 2. The van der Waals surface area contributed by atoms with Crippen molar-refractivity contribution in [2.24, 2.45) is 5.92 Å². The van der Waals surface area contributed by atoms with Gasteiger partial charge >= 0.3 is 5.97 Å². The fraction of sp³-hybridized carbons (Fsp3) is 0.500. The Morgan fingerprint density at radius 3 is 2.89 bits per heavy atom. The van der Waals surface area contributed by atoms with E-state index in [-0.39, 0.29) is 11.9 Å². The van der Waals surface area contributed by atoms with Crippen molar-refractivity contribution >= 4 is 11.7 Å². The number of rotatable bonds is 4. The van der Waals surface area contributed by atoms with Crippen molar-refractivity contribution in [1.82, 2.24) is 0 Å². The average molecular weight is 269 g/mol. The topological polar surface area (TPSA) is 29.5 Å². The quantitative estimate of drug-likeness (QED) is 0.787. The van der Waals surface area contributed by atoms with Crippen LogP contribution >= 0.6 is 0 Å². The van der Waals surface area contributed by atoms with Crippen LogP contribution in [0.1, 0.15) is 19.8 Å². The van der Waals surface area contributed by atoms with Gasteiger partial charge in [-0.2, -0.15) is 0 Å². The van der Waals surface area contributed by atoms with Crippen molar-refractivity contribution < 1.29 is 18.3 Å². The molecule has 1 aromatic carbocycles. The van der Waals surface area contributed by atoms with Gasteiger partial charge in [-0.25, -0.2) is 8.78 Å². The van der Waals surface area contributed by atoms with E-state index in [0.717, 1.165) is 19.0 Å². The molecule has 5 heteroatoms. The summed E-state index contributed by atoms with van der Waals surface area (Å²) in [6, 6.07) is 3.89. The monoisotopic (exact) mass is 269 g/mol. The Morgan fingerprint density at radius 1 is 1.42 bits per heavy atom. The molecule has 1 aliphatic heterocycles. The molecular weight excluding hydrogens is 252 g/mol. The number of esters is 1. The van der Waals surface area contributed by atoms with Crippen molar-refractivity contribution in [2.45, 2.75) is 19.8 Å². The van der Waals surface area contributed by atoms with Crippen LogP contribution < -0.4 is 4.90 Å². The van der Waals surface area contributed by atoms with Crippen LogP contribution in [0.4, 0.5) is 14.5 Å². The van der Waals surface area contributed by atoms with Gasteiger partial charge in [0.25, 0.3) is 0 Å². The number of benzene rings is 1. The summed E-state index contributed by atoms with van der Waals surface area (Å²) in [6.45, 7) is 3.58. The Morgan fingerprint density at radius 2 is 2.21 bits per heavy atom. The van der Waals surface area contributed by atoms with Crippen LogP contribution in [0.5, 0.6) is 0 Å². The van der Waals surface area contributed by atoms with Crippen LogP contribution in [0.2, 0.25) is 0 Å². The zero-order valence-electron chi connectivity index (χ0n) is 10.9. The molecule has 0 N–H and O–H groups in total. The second kappa shape index (κ2) is 5.99. The minimum atomic E-state index is -0.842. The number of hydrogen-bond donors (Lipinski definition) is 0. The van der Waals surface area contributed by atoms with E-state index in [0.29, 0.717) is 25.3 Å². The molecule has 0 aromatic heterocycles. The first kappa shape index (κ1) is 13.8. The predicted molar refractivity (Wildman–Crippen MR) is 67.9 cm³/mol. The average Bonchev–Trinajstić information content (AvgIpc) is 2.81. The van der Waals surface area contributed by atoms with Gasteiger partial charge in [-0.1, -0.05) is 0 Å². The summed E-state index contributed by atoms with van der Waals surface area (Å²) in [5, 5.41) is 0. The molecule has 1 fully saturated rings. The third-order valence-corrected chi connectivity index (χ3v) is 3.31. The summed E-state index contributed by atoms with van der Waals surface area (Å²) in [5.41, 5.74) is 0.658. The molecule has 0 bridgehead atoms. The first-order valence-corrected chi connectivity index (χ1v) is 6.45. The summed E-state index contributed by atoms with van der Waals surface area (Å²) in [7, 11) is 0. The molecule has 2 rings (SSSR count). The SMILES string of the molecule is CCOC(=O)CC1CCN(c2ccc(F)c(F)c2)C1. The summed E-state index contributed by atoms with van der Waals surface area (Å²) in [4.78, 5) is 13.4. The number of anilines is 1. The maximum absolute atomic E-state index is 13.2. The lowest BCUT2D eigenvalue weighted by atomic mass is 10.1. The summed E-state index contributed by atoms with van der Waals surface area (Å²) in [6.07, 6.45) is 1.24. The van der Waals surface area contributed by atoms with E-state index >= 15 is 0 Å². The number of ether oxygens (including phenoxy) is 1. The Hall–Kier alpha value is -1.65. The molecule has 1 unspecified atom stereocenters. The van der Waals surface area contributed by atoms with E-state index in [1.165, 1.54) is 6.07 Å². The highest BCUT2D eigenvalue weighted by Crippen LogP contribution is 2.27. The summed E-state index contributed by atoms with van der Waals surface area (Å²) in [5.74, 6) is -1.66. The van der Waals surface area contributed by atoms with Gasteiger partial charge in [0.2, 0.25) is 0 Å². The molecule has 1 atom stereocenters. The molecule has 0 amide bonds. The standard InChI is InChI=1S/C14H17F2NO2/c1-2-19-14(18)7-10-5-6-17(9-10)11-3-4-12(15)13(16)8-11/h3-4,8,10H,2,5-7,9H2,1H3. The molecule has 0 aliphatic carbocycles. The van der Waals surface area contributed by atoms with Crippen LogP contribution in [-0.2, 0) is 9.53 Å². The van der Waals surface area contributed by atoms with Crippen molar-refractivity contribution in [3.63, 3.8) is 0 Å². The van der Waals surface area contributed by atoms with Crippen LogP contribution in [0.3, 0.4) is 0 Å². The van der Waals surface area contributed by atoms with E-state index in [1.54, 1.807) is 13.0 Å². The van der Waals surface area contributed by atoms with Crippen LogP contribution in [0, 0.1) is 17.6 Å². The highest BCUT2D eigenvalue weighted by molar-refractivity contribution is 5.70. The van der Waals surface area contributed by atoms with Gasteiger partial charge in [0, 0.05) is 24.8 Å². The Kier molecular flexibility index (Phi) is 4.35. The van der Waals surface area contributed by atoms with E-state index in [2.05, 4.69) is 0 Å². The second-order valence-electron chi connectivity index (χ2n) is 4.71. The fourth-order valence-corrected chi connectivity index (χ4v) is 2.37. The molecule has 3 nitrogen and oxygen atoms in total. The van der Waals surface area contributed by atoms with Crippen molar-refractivity contribution in [3.8, 4) is 0 Å². The molecule has 1 saturated heterocycles. The maximum atomic E-state index is 13.2. The Balaban J connectivity index is 1.94. The number of nitrogens with zero attached hydrogens (tertiary/aromatic N) is 1. The number of hydrogen-bond acceptors (Lipinski definition) is 3. The number of carbonyl (C=O) groups is 1. The molecule has 104 valence electrons. The minimum absolute atomic E-state index is 0.195. The lowest BCUT2D eigenvalue weighted by molar-refractivity contribution is -0.144. The molecular formula is C14H17F2NO2. The van der Waals surface area contributed by atoms with E-state index in [4.69, 9.17) is 4.74 Å². The van der Waals surface area contributed by atoms with Crippen molar-refractivity contribution in [3.05, 3.63) is 29.8 Å². The summed E-state index contributed by atoms with van der Waals surface area (Å²) >= 11 is 0. The predicted octanol–water partition coefficient (Wildman–Crippen LogP) is 2.74. The Labute approximate surface area is 111 Å². The van der Waals surface area contributed by atoms with Gasteiger partial charge in [-0.15, -0.1) is 0 Å². The number of carbonyl (C=O) groups excluding carboxylic acids is 1. The van der Waals surface area contributed by atoms with Gasteiger partial charge in [-0.05, 0) is 31.4 Å². The third kappa shape index (κ3) is 3.43. The van der Waals surface area contributed by atoms with Gasteiger partial charge < -0.3 is 9.64 Å². The lowest BCUT2D eigenvalue weighted by Crippen LogP contribution is -2.21. The smallest absolute Gasteiger partial charge is 0.306 e. The normalized spacial score (nSPS) is 18.7. The molecule has 1 heterocycles. The lowest BCUT2D eigenvalue weighted by Gasteiger charge is -2.18. The molecule has 19 heavy (non-hydrogen) atoms. The van der Waals surface area contributed by atoms with Gasteiger partial charge in [0.1, 0.15) is 0 Å². The Bertz CT molecular complexity index is 465. The fourth-order valence-electron chi connectivity index (χ4n) is 2.37. The second-order valence-corrected chi connectivity index (χ2v) is 4.71. The first-order chi connectivity index (χ1) is 9.10. The van der Waals surface area contributed by atoms with E-state index < -0.39 is 11.6 Å². The maximum Gasteiger partial charge on any atom is 0.306 e. The highest BCUT2D eigenvalue weighted by atomic mass is 19.2. The van der Waals surface area contributed by atoms with Gasteiger partial charge in [0.05, 0.1) is 13.0 Å². The largest absolute Gasteiger partial charge is 0.466 e. The molecule has 0 spiro atoms. The van der Waals surface area contributed by atoms with E-state index in [1.807, 2.05) is 4.90 Å². The molecule has 0 saturated carbocycles. The van der Waals surface area contributed by atoms with Crippen LogP contribution in [-0.4, -0.2) is 25.7 Å². The molecule has 1 aromatic rings. The molecule has 1 aliphatic rings. The van der Waals surface area contributed by atoms with Crippen LogP contribution in [0.25, 0.3) is 0 Å². The zero-order valence-corrected chi connectivity index (χ0v) is 10.9. The van der Waals surface area contributed by atoms with Gasteiger partial charge in [0.15, 0.2) is 11.6 Å². The van der Waals surface area contributed by atoms with Gasteiger partial charge in [-0.3, -0.25) is 4.79 Å². The summed E-state index contributed by atoms with van der Waals surface area (Å²) < 4.78 is 30.9. The molecule has 0 radical (unpaired) electrons. The highest BCUT2D eigenvalue weighted by Gasteiger charge is 2.25. The van der Waals surface area contributed by atoms with E-state index in [9.17, 15) is 13.6 Å². The zero-order chi connectivity index (χ0) is 13.8. The van der Waals surface area contributed by atoms with Crippen molar-refractivity contribution in [2.75, 3.05) is 24.6 Å².